The number of rotatable bonds is 4. The van der Waals surface area contributed by atoms with Crippen molar-refractivity contribution in [3.05, 3.63) is 23.8 Å². The van der Waals surface area contributed by atoms with Gasteiger partial charge in [-0.3, -0.25) is 9.59 Å². The van der Waals surface area contributed by atoms with Crippen LogP contribution in [0.1, 0.15) is 23.2 Å². The van der Waals surface area contributed by atoms with Gasteiger partial charge < -0.3 is 25.0 Å². The molecular formula is C18H25N3O4. The van der Waals surface area contributed by atoms with Crippen molar-refractivity contribution >= 4 is 17.5 Å². The monoisotopic (exact) mass is 347 g/mol. The lowest BCUT2D eigenvalue weighted by molar-refractivity contribution is -0.120. The predicted molar refractivity (Wildman–Crippen MR) is 93.9 cm³/mol. The van der Waals surface area contributed by atoms with Crippen molar-refractivity contribution in [3.8, 4) is 5.75 Å². The van der Waals surface area contributed by atoms with Gasteiger partial charge in [0.2, 0.25) is 5.91 Å². The van der Waals surface area contributed by atoms with E-state index in [-0.39, 0.29) is 17.7 Å². The maximum atomic E-state index is 12.6. The van der Waals surface area contributed by atoms with Crippen molar-refractivity contribution in [1.29, 1.82) is 0 Å². The fourth-order valence-corrected chi connectivity index (χ4v) is 3.20. The lowest BCUT2D eigenvalue weighted by atomic mass is 9.98. The Bertz CT molecular complexity index is 623. The highest BCUT2D eigenvalue weighted by Crippen LogP contribution is 2.27. The molecule has 1 atom stereocenters. The van der Waals surface area contributed by atoms with Crippen LogP contribution in [-0.2, 0) is 9.53 Å². The second kappa shape index (κ2) is 8.31. The van der Waals surface area contributed by atoms with Crippen LogP contribution in [0.25, 0.3) is 0 Å². The Morgan fingerprint density at radius 3 is 2.80 bits per heavy atom. The van der Waals surface area contributed by atoms with Crippen LogP contribution in [0.4, 0.5) is 5.69 Å². The molecule has 2 saturated heterocycles. The molecule has 136 valence electrons. The molecule has 2 N–H and O–H groups in total. The van der Waals surface area contributed by atoms with Gasteiger partial charge in [-0.25, -0.2) is 0 Å². The molecular weight excluding hydrogens is 322 g/mol. The number of hydrogen-bond acceptors (Lipinski definition) is 5. The average Bonchev–Trinajstić information content (AvgIpc) is 2.68. The van der Waals surface area contributed by atoms with Gasteiger partial charge in [0, 0.05) is 25.2 Å². The number of amides is 2. The van der Waals surface area contributed by atoms with Crippen LogP contribution < -0.4 is 15.4 Å². The maximum absolute atomic E-state index is 12.6. The Morgan fingerprint density at radius 1 is 1.32 bits per heavy atom. The quantitative estimate of drug-likeness (QED) is 0.853. The standard InChI is InChI=1S/C18H25N3O4/c1-24-16-5-4-13(18(23)21-7-9-25-10-8-21)11-15(16)20-17(22)14-3-2-6-19-12-14/h4-5,11,14,19H,2-3,6-10,12H2,1H3,(H,20,22). The van der Waals surface area contributed by atoms with Crippen LogP contribution >= 0.6 is 0 Å². The molecule has 3 rings (SSSR count). The predicted octanol–water partition coefficient (Wildman–Crippen LogP) is 1.11. The van der Waals surface area contributed by atoms with Crippen molar-refractivity contribution in [3.63, 3.8) is 0 Å². The SMILES string of the molecule is COc1ccc(C(=O)N2CCOCC2)cc1NC(=O)C1CCCNC1. The molecule has 2 heterocycles. The van der Waals surface area contributed by atoms with Crippen molar-refractivity contribution in [2.75, 3.05) is 51.8 Å². The number of morpholine rings is 1. The second-order valence-corrected chi connectivity index (χ2v) is 6.35. The minimum atomic E-state index is -0.0583. The first-order chi connectivity index (χ1) is 12.2. The molecule has 7 heteroatoms. The molecule has 2 fully saturated rings. The first-order valence-electron chi connectivity index (χ1n) is 8.75. The van der Waals surface area contributed by atoms with E-state index in [0.29, 0.717) is 49.8 Å². The molecule has 0 saturated carbocycles. The summed E-state index contributed by atoms with van der Waals surface area (Å²) in [6.45, 7) is 3.91. The van der Waals surface area contributed by atoms with Gasteiger partial charge in [0.15, 0.2) is 0 Å². The number of piperidine rings is 1. The van der Waals surface area contributed by atoms with Crippen molar-refractivity contribution in [1.82, 2.24) is 10.2 Å². The smallest absolute Gasteiger partial charge is 0.254 e. The Kier molecular flexibility index (Phi) is 5.88. The molecule has 0 aromatic heterocycles. The van der Waals surface area contributed by atoms with Crippen LogP contribution in [0.2, 0.25) is 0 Å². The maximum Gasteiger partial charge on any atom is 0.254 e. The summed E-state index contributed by atoms with van der Waals surface area (Å²) in [5.41, 5.74) is 1.08. The number of carbonyl (C=O) groups excluding carboxylic acids is 2. The van der Waals surface area contributed by atoms with Crippen molar-refractivity contribution < 1.29 is 19.1 Å². The number of nitrogens with one attached hydrogen (secondary N) is 2. The van der Waals surface area contributed by atoms with Crippen LogP contribution in [0.15, 0.2) is 18.2 Å². The molecule has 2 aliphatic heterocycles. The highest BCUT2D eigenvalue weighted by atomic mass is 16.5. The van der Waals surface area contributed by atoms with E-state index in [2.05, 4.69) is 10.6 Å². The zero-order valence-corrected chi connectivity index (χ0v) is 14.5. The topological polar surface area (TPSA) is 79.9 Å². The Labute approximate surface area is 147 Å². The zero-order valence-electron chi connectivity index (χ0n) is 14.5. The molecule has 7 nitrogen and oxygen atoms in total. The van der Waals surface area contributed by atoms with E-state index < -0.39 is 0 Å². The summed E-state index contributed by atoms with van der Waals surface area (Å²) in [4.78, 5) is 26.9. The van der Waals surface area contributed by atoms with Gasteiger partial charge in [0.05, 0.1) is 31.9 Å². The fraction of sp³-hybridized carbons (Fsp3) is 0.556. The number of benzene rings is 1. The Morgan fingerprint density at radius 2 is 2.12 bits per heavy atom. The van der Waals surface area contributed by atoms with E-state index in [4.69, 9.17) is 9.47 Å². The van der Waals surface area contributed by atoms with Gasteiger partial charge in [-0.05, 0) is 37.6 Å². The largest absolute Gasteiger partial charge is 0.495 e. The minimum absolute atomic E-state index is 0.0403. The van der Waals surface area contributed by atoms with Crippen molar-refractivity contribution in [2.24, 2.45) is 5.92 Å². The van der Waals surface area contributed by atoms with Crippen LogP contribution in [0.3, 0.4) is 0 Å². The third kappa shape index (κ3) is 4.29. The summed E-state index contributed by atoms with van der Waals surface area (Å²) >= 11 is 0. The first-order valence-corrected chi connectivity index (χ1v) is 8.75. The molecule has 1 aromatic rings. The summed E-state index contributed by atoms with van der Waals surface area (Å²) in [5.74, 6) is 0.398. The first kappa shape index (κ1) is 17.7. The van der Waals surface area contributed by atoms with Crippen LogP contribution in [-0.4, -0.2) is 63.2 Å². The van der Waals surface area contributed by atoms with Crippen molar-refractivity contribution in [2.45, 2.75) is 12.8 Å². The van der Waals surface area contributed by atoms with Gasteiger partial charge in [0.25, 0.3) is 5.91 Å². The summed E-state index contributed by atoms with van der Waals surface area (Å²) in [6.07, 6.45) is 1.86. The number of hydrogen-bond donors (Lipinski definition) is 2. The highest BCUT2D eigenvalue weighted by molar-refractivity contribution is 5.99. The number of nitrogens with zero attached hydrogens (tertiary/aromatic N) is 1. The summed E-state index contributed by atoms with van der Waals surface area (Å²) in [6, 6.07) is 5.15. The third-order valence-electron chi connectivity index (χ3n) is 4.67. The van der Waals surface area contributed by atoms with Gasteiger partial charge in [0.1, 0.15) is 5.75 Å². The Hall–Kier alpha value is -2.12. The van der Waals surface area contributed by atoms with E-state index in [1.165, 1.54) is 0 Å². The minimum Gasteiger partial charge on any atom is -0.495 e. The van der Waals surface area contributed by atoms with Gasteiger partial charge in [-0.1, -0.05) is 0 Å². The molecule has 2 amide bonds. The number of ether oxygens (including phenoxy) is 2. The molecule has 25 heavy (non-hydrogen) atoms. The lowest BCUT2D eigenvalue weighted by Crippen LogP contribution is -2.40. The summed E-state index contributed by atoms with van der Waals surface area (Å²) in [7, 11) is 1.55. The molecule has 0 spiro atoms. The summed E-state index contributed by atoms with van der Waals surface area (Å²) < 4.78 is 10.6. The molecule has 1 aromatic carbocycles. The van der Waals surface area contributed by atoms with Gasteiger partial charge in [-0.15, -0.1) is 0 Å². The molecule has 2 aliphatic rings. The van der Waals surface area contributed by atoms with E-state index in [9.17, 15) is 9.59 Å². The van der Waals surface area contributed by atoms with E-state index in [1.807, 2.05) is 0 Å². The molecule has 1 unspecified atom stereocenters. The number of methoxy groups -OCH3 is 1. The number of carbonyl (C=O) groups is 2. The molecule has 0 aliphatic carbocycles. The second-order valence-electron chi connectivity index (χ2n) is 6.35. The van der Waals surface area contributed by atoms with Crippen LogP contribution in [0, 0.1) is 5.92 Å². The normalized spacial score (nSPS) is 20.8. The Balaban J connectivity index is 1.75. The van der Waals surface area contributed by atoms with E-state index >= 15 is 0 Å². The van der Waals surface area contributed by atoms with Crippen LogP contribution in [0.5, 0.6) is 5.75 Å². The average molecular weight is 347 g/mol. The molecule has 0 bridgehead atoms. The summed E-state index contributed by atoms with van der Waals surface area (Å²) in [5, 5.41) is 6.17. The number of anilines is 1. The zero-order chi connectivity index (χ0) is 17.6. The highest BCUT2D eigenvalue weighted by Gasteiger charge is 2.23. The fourth-order valence-electron chi connectivity index (χ4n) is 3.20. The van der Waals surface area contributed by atoms with Gasteiger partial charge >= 0.3 is 0 Å². The van der Waals surface area contributed by atoms with E-state index in [1.54, 1.807) is 30.2 Å². The molecule has 0 radical (unpaired) electrons. The van der Waals surface area contributed by atoms with E-state index in [0.717, 1.165) is 19.4 Å². The lowest BCUT2D eigenvalue weighted by Gasteiger charge is -2.27. The third-order valence-corrected chi connectivity index (χ3v) is 4.67. The van der Waals surface area contributed by atoms with Gasteiger partial charge in [-0.2, -0.15) is 0 Å².